The summed E-state index contributed by atoms with van der Waals surface area (Å²) in [5, 5.41) is 5.08. The van der Waals surface area contributed by atoms with Crippen LogP contribution in [0, 0.1) is 5.92 Å². The third-order valence-electron chi connectivity index (χ3n) is 3.40. The van der Waals surface area contributed by atoms with E-state index in [0.29, 0.717) is 13.1 Å². The largest absolute Gasteiger partial charge is 0.405 e. The molecule has 1 rings (SSSR count). The molecule has 1 aliphatic heterocycles. The topological polar surface area (TPSA) is 78.5 Å². The van der Waals surface area contributed by atoms with Crippen molar-refractivity contribution in [3.8, 4) is 0 Å². The number of rotatable bonds is 7. The zero-order valence-electron chi connectivity index (χ0n) is 13.7. The van der Waals surface area contributed by atoms with Gasteiger partial charge in [-0.15, -0.1) is 12.4 Å². The van der Waals surface area contributed by atoms with Crippen LogP contribution in [0.4, 0.5) is 13.2 Å². The summed E-state index contributed by atoms with van der Waals surface area (Å²) in [5.41, 5.74) is 0. The minimum atomic E-state index is -4.48. The van der Waals surface area contributed by atoms with Gasteiger partial charge in [0.1, 0.15) is 11.8 Å². The van der Waals surface area contributed by atoms with Crippen molar-refractivity contribution >= 4 is 28.2 Å². The third-order valence-corrected chi connectivity index (χ3v) is 5.28. The van der Waals surface area contributed by atoms with Crippen LogP contribution < -0.4 is 10.6 Å². The summed E-state index contributed by atoms with van der Waals surface area (Å²) in [6, 6.07) is -1.80. The van der Waals surface area contributed by atoms with E-state index >= 15 is 0 Å². The molecule has 0 radical (unpaired) electrons. The number of hydrogen-bond donors (Lipinski definition) is 2. The second-order valence-corrected chi connectivity index (χ2v) is 8.21. The molecule has 0 bridgehead atoms. The van der Waals surface area contributed by atoms with Gasteiger partial charge in [0.15, 0.2) is 9.84 Å². The fourth-order valence-electron chi connectivity index (χ4n) is 2.47. The molecule has 11 heteroatoms. The first-order chi connectivity index (χ1) is 10.5. The number of nitrogens with one attached hydrogen (secondary N) is 2. The molecular formula is C13H25ClF3N3O3S. The molecule has 0 aliphatic carbocycles. The first kappa shape index (κ1) is 23.4. The van der Waals surface area contributed by atoms with Crippen LogP contribution in [-0.2, 0) is 14.6 Å². The number of piperazine rings is 1. The van der Waals surface area contributed by atoms with Crippen LogP contribution in [0.15, 0.2) is 0 Å². The average Bonchev–Trinajstić information content (AvgIpc) is 2.36. The zero-order chi connectivity index (χ0) is 17.7. The number of amides is 1. The lowest BCUT2D eigenvalue weighted by atomic mass is 10.2. The Balaban J connectivity index is 0.00000529. The molecule has 0 saturated carbocycles. The summed E-state index contributed by atoms with van der Waals surface area (Å²) in [6.07, 6.45) is -4.48. The first-order valence-electron chi connectivity index (χ1n) is 7.50. The molecular weight excluding hydrogens is 371 g/mol. The standard InChI is InChI=1S/C13H24F3N3O3S.ClH/c1-10(2)8-23(21,22)9-12(20)18-7-11(13(14,15)16)19-5-3-17-4-6-19;/h10-11,17H,3-9H2,1-2H3,(H,18,20);1H. The minimum Gasteiger partial charge on any atom is -0.353 e. The van der Waals surface area contributed by atoms with Gasteiger partial charge in [0.05, 0.1) is 5.75 Å². The number of hydrogen-bond acceptors (Lipinski definition) is 5. The van der Waals surface area contributed by atoms with Gasteiger partial charge in [-0.3, -0.25) is 9.69 Å². The van der Waals surface area contributed by atoms with Crippen molar-refractivity contribution in [3.05, 3.63) is 0 Å². The number of carbonyl (C=O) groups excluding carboxylic acids is 1. The minimum absolute atomic E-state index is 0. The Hall–Kier alpha value is -0.580. The summed E-state index contributed by atoms with van der Waals surface area (Å²) < 4.78 is 62.8. The van der Waals surface area contributed by atoms with E-state index in [-0.39, 0.29) is 37.2 Å². The van der Waals surface area contributed by atoms with Crippen molar-refractivity contribution < 1.29 is 26.4 Å². The van der Waals surface area contributed by atoms with Gasteiger partial charge < -0.3 is 10.6 Å². The molecule has 0 aromatic rings. The van der Waals surface area contributed by atoms with Gasteiger partial charge in [0.2, 0.25) is 5.91 Å². The molecule has 0 spiro atoms. The Morgan fingerprint density at radius 3 is 2.25 bits per heavy atom. The van der Waals surface area contributed by atoms with Crippen LogP contribution in [0.25, 0.3) is 0 Å². The Bertz CT molecular complexity index is 494. The van der Waals surface area contributed by atoms with E-state index < -0.39 is 40.3 Å². The van der Waals surface area contributed by atoms with Crippen molar-refractivity contribution in [3.63, 3.8) is 0 Å². The molecule has 1 fully saturated rings. The Labute approximate surface area is 146 Å². The van der Waals surface area contributed by atoms with Gasteiger partial charge >= 0.3 is 6.18 Å². The molecule has 1 amide bonds. The highest BCUT2D eigenvalue weighted by atomic mass is 35.5. The monoisotopic (exact) mass is 395 g/mol. The van der Waals surface area contributed by atoms with E-state index in [1.54, 1.807) is 13.8 Å². The Morgan fingerprint density at radius 2 is 1.79 bits per heavy atom. The highest BCUT2D eigenvalue weighted by molar-refractivity contribution is 7.92. The van der Waals surface area contributed by atoms with Gasteiger partial charge in [-0.2, -0.15) is 13.2 Å². The van der Waals surface area contributed by atoms with Crippen LogP contribution >= 0.6 is 12.4 Å². The van der Waals surface area contributed by atoms with Gasteiger partial charge in [0.25, 0.3) is 0 Å². The number of carbonyl (C=O) groups is 1. The van der Waals surface area contributed by atoms with Crippen molar-refractivity contribution in [1.29, 1.82) is 0 Å². The Kier molecular flexibility index (Phi) is 9.55. The molecule has 6 nitrogen and oxygen atoms in total. The fraction of sp³-hybridized carbons (Fsp3) is 0.923. The summed E-state index contributed by atoms with van der Waals surface area (Å²) in [5.74, 6) is -1.98. The van der Waals surface area contributed by atoms with Crippen molar-refractivity contribution in [2.75, 3.05) is 44.2 Å². The van der Waals surface area contributed by atoms with Crippen LogP contribution in [0.5, 0.6) is 0 Å². The van der Waals surface area contributed by atoms with E-state index in [1.165, 1.54) is 4.90 Å². The Morgan fingerprint density at radius 1 is 1.25 bits per heavy atom. The molecule has 144 valence electrons. The quantitative estimate of drug-likeness (QED) is 0.653. The van der Waals surface area contributed by atoms with E-state index in [4.69, 9.17) is 0 Å². The summed E-state index contributed by atoms with van der Waals surface area (Å²) in [4.78, 5) is 12.9. The van der Waals surface area contributed by atoms with E-state index in [2.05, 4.69) is 10.6 Å². The van der Waals surface area contributed by atoms with Crippen LogP contribution in [0.3, 0.4) is 0 Å². The smallest absolute Gasteiger partial charge is 0.353 e. The predicted octanol–water partition coefficient (Wildman–Crippen LogP) is 0.431. The predicted molar refractivity (Wildman–Crippen MR) is 88.0 cm³/mol. The number of nitrogens with zero attached hydrogens (tertiary/aromatic N) is 1. The number of sulfone groups is 1. The second-order valence-electron chi connectivity index (χ2n) is 6.10. The van der Waals surface area contributed by atoms with E-state index in [9.17, 15) is 26.4 Å². The summed E-state index contributed by atoms with van der Waals surface area (Å²) in [6.45, 7) is 4.10. The number of alkyl halides is 3. The molecule has 2 N–H and O–H groups in total. The molecule has 1 saturated heterocycles. The molecule has 1 unspecified atom stereocenters. The zero-order valence-corrected chi connectivity index (χ0v) is 15.4. The second kappa shape index (κ2) is 9.79. The summed E-state index contributed by atoms with van der Waals surface area (Å²) >= 11 is 0. The SMILES string of the molecule is CC(C)CS(=O)(=O)CC(=O)NCC(N1CCNCC1)C(F)(F)F.Cl. The van der Waals surface area contributed by atoms with Gasteiger partial charge in [-0.05, 0) is 5.92 Å². The van der Waals surface area contributed by atoms with Crippen molar-refractivity contribution in [1.82, 2.24) is 15.5 Å². The highest BCUT2D eigenvalue weighted by Crippen LogP contribution is 2.24. The number of halogens is 4. The van der Waals surface area contributed by atoms with Crippen LogP contribution in [-0.4, -0.2) is 75.7 Å². The van der Waals surface area contributed by atoms with E-state index in [0.717, 1.165) is 0 Å². The first-order valence-corrected chi connectivity index (χ1v) is 9.32. The third kappa shape index (κ3) is 8.50. The van der Waals surface area contributed by atoms with E-state index in [1.807, 2.05) is 0 Å². The maximum Gasteiger partial charge on any atom is 0.405 e. The molecule has 1 heterocycles. The van der Waals surface area contributed by atoms with Gasteiger partial charge in [-0.25, -0.2) is 8.42 Å². The lowest BCUT2D eigenvalue weighted by molar-refractivity contribution is -0.183. The molecule has 0 aromatic carbocycles. The van der Waals surface area contributed by atoms with Crippen molar-refractivity contribution in [2.24, 2.45) is 5.92 Å². The maximum absolute atomic E-state index is 13.1. The lowest BCUT2D eigenvalue weighted by Gasteiger charge is -2.35. The van der Waals surface area contributed by atoms with Crippen molar-refractivity contribution in [2.45, 2.75) is 26.1 Å². The summed E-state index contributed by atoms with van der Waals surface area (Å²) in [7, 11) is -3.61. The molecule has 1 aliphatic rings. The van der Waals surface area contributed by atoms with Crippen LogP contribution in [0.2, 0.25) is 0 Å². The molecule has 1 atom stereocenters. The van der Waals surface area contributed by atoms with Crippen LogP contribution in [0.1, 0.15) is 13.8 Å². The fourth-order valence-corrected chi connectivity index (χ4v) is 4.11. The normalized spacial score (nSPS) is 18.1. The van der Waals surface area contributed by atoms with Gasteiger partial charge in [-0.1, -0.05) is 13.8 Å². The molecule has 24 heavy (non-hydrogen) atoms. The average molecular weight is 396 g/mol. The maximum atomic E-state index is 13.1. The van der Waals surface area contributed by atoms with Gasteiger partial charge in [0, 0.05) is 32.7 Å². The lowest BCUT2D eigenvalue weighted by Crippen LogP contribution is -2.57. The highest BCUT2D eigenvalue weighted by Gasteiger charge is 2.43. The molecule has 0 aromatic heterocycles.